The van der Waals surface area contributed by atoms with Gasteiger partial charge in [0, 0.05) is 0 Å². The first kappa shape index (κ1) is 11.3. The fourth-order valence-electron chi connectivity index (χ4n) is 1.12. The molecule has 0 aromatic carbocycles. The maximum Gasteiger partial charge on any atom is 0.261 e. The van der Waals surface area contributed by atoms with Crippen LogP contribution in [0.4, 0.5) is 8.78 Å². The van der Waals surface area contributed by atoms with Crippen LogP contribution in [0.2, 0.25) is 0 Å². The summed E-state index contributed by atoms with van der Waals surface area (Å²) in [6, 6.07) is 0. The lowest BCUT2D eigenvalue weighted by Crippen LogP contribution is -2.24. The highest BCUT2D eigenvalue weighted by Crippen LogP contribution is 2.22. The molecule has 2 atom stereocenters. The third-order valence-corrected chi connectivity index (χ3v) is 4.72. The zero-order valence-electron chi connectivity index (χ0n) is 6.62. The van der Waals surface area contributed by atoms with Crippen LogP contribution in [0, 0.1) is 0 Å². The molecule has 0 aliphatic carbocycles. The standard InChI is InChI=1S/C6H9BrF2O3S/c7-4-2-13(10,11)3-5(4)12-1-6(8)9/h4-6H,1-3H2. The van der Waals surface area contributed by atoms with Crippen LogP contribution in [0.3, 0.4) is 0 Å². The lowest BCUT2D eigenvalue weighted by atomic mass is 10.3. The van der Waals surface area contributed by atoms with Gasteiger partial charge in [-0.2, -0.15) is 0 Å². The molecule has 0 bridgehead atoms. The van der Waals surface area contributed by atoms with Crippen molar-refractivity contribution in [1.29, 1.82) is 0 Å². The van der Waals surface area contributed by atoms with Crippen LogP contribution in [0.15, 0.2) is 0 Å². The van der Waals surface area contributed by atoms with Crippen LogP contribution in [0.25, 0.3) is 0 Å². The number of halogens is 3. The Kier molecular flexibility index (Phi) is 3.64. The molecule has 1 rings (SSSR count). The second kappa shape index (κ2) is 4.18. The Balaban J connectivity index is 2.44. The summed E-state index contributed by atoms with van der Waals surface area (Å²) >= 11 is 3.08. The molecule has 78 valence electrons. The lowest BCUT2D eigenvalue weighted by Gasteiger charge is -2.12. The van der Waals surface area contributed by atoms with Gasteiger partial charge in [0.1, 0.15) is 6.61 Å². The van der Waals surface area contributed by atoms with Crippen LogP contribution < -0.4 is 0 Å². The smallest absolute Gasteiger partial charge is 0.261 e. The van der Waals surface area contributed by atoms with Crippen molar-refractivity contribution in [1.82, 2.24) is 0 Å². The zero-order chi connectivity index (χ0) is 10.1. The highest BCUT2D eigenvalue weighted by Gasteiger charge is 2.37. The number of rotatable bonds is 3. The topological polar surface area (TPSA) is 43.4 Å². The summed E-state index contributed by atoms with van der Waals surface area (Å²) in [5.74, 6) is -0.212. The van der Waals surface area contributed by atoms with Crippen molar-refractivity contribution in [3.05, 3.63) is 0 Å². The average molecular weight is 279 g/mol. The van der Waals surface area contributed by atoms with E-state index in [1.807, 2.05) is 0 Å². The van der Waals surface area contributed by atoms with Crippen molar-refractivity contribution in [3.63, 3.8) is 0 Å². The van der Waals surface area contributed by atoms with Crippen molar-refractivity contribution in [2.45, 2.75) is 17.4 Å². The molecule has 2 unspecified atom stereocenters. The molecule has 1 saturated heterocycles. The van der Waals surface area contributed by atoms with E-state index in [0.29, 0.717) is 0 Å². The zero-order valence-corrected chi connectivity index (χ0v) is 9.02. The van der Waals surface area contributed by atoms with E-state index < -0.39 is 29.0 Å². The molecule has 7 heteroatoms. The summed E-state index contributed by atoms with van der Waals surface area (Å²) in [6.07, 6.45) is -3.19. The SMILES string of the molecule is O=S1(=O)CC(Br)C(OCC(F)F)C1. The molecule has 13 heavy (non-hydrogen) atoms. The normalized spacial score (nSPS) is 32.6. The van der Waals surface area contributed by atoms with Gasteiger partial charge in [0.05, 0.1) is 22.4 Å². The summed E-state index contributed by atoms with van der Waals surface area (Å²) in [6.45, 7) is -0.706. The van der Waals surface area contributed by atoms with Crippen molar-refractivity contribution >= 4 is 25.8 Å². The predicted molar refractivity (Wildman–Crippen MR) is 47.1 cm³/mol. The van der Waals surface area contributed by atoms with E-state index in [-0.39, 0.29) is 16.3 Å². The highest BCUT2D eigenvalue weighted by molar-refractivity contribution is 9.09. The molecule has 0 saturated carbocycles. The first-order valence-corrected chi connectivity index (χ1v) is 6.38. The molecular formula is C6H9BrF2O3S. The first-order valence-electron chi connectivity index (χ1n) is 3.65. The molecular weight excluding hydrogens is 270 g/mol. The van der Waals surface area contributed by atoms with E-state index in [4.69, 9.17) is 4.74 Å². The number of hydrogen-bond donors (Lipinski definition) is 0. The van der Waals surface area contributed by atoms with Gasteiger partial charge in [0.2, 0.25) is 0 Å². The van der Waals surface area contributed by atoms with E-state index in [1.54, 1.807) is 0 Å². The van der Waals surface area contributed by atoms with Gasteiger partial charge >= 0.3 is 0 Å². The Morgan fingerprint density at radius 1 is 1.46 bits per heavy atom. The number of hydrogen-bond acceptors (Lipinski definition) is 3. The molecule has 0 radical (unpaired) electrons. The first-order chi connectivity index (χ1) is 5.91. The van der Waals surface area contributed by atoms with Crippen molar-refractivity contribution < 1.29 is 21.9 Å². The fourth-order valence-corrected chi connectivity index (χ4v) is 4.58. The van der Waals surface area contributed by atoms with Crippen LogP contribution in [-0.4, -0.2) is 43.9 Å². The molecule has 1 heterocycles. The Morgan fingerprint density at radius 3 is 2.46 bits per heavy atom. The molecule has 3 nitrogen and oxygen atoms in total. The predicted octanol–water partition coefficient (Wildman–Crippen LogP) is 0.829. The molecule has 0 aromatic heterocycles. The quantitative estimate of drug-likeness (QED) is 0.719. The van der Waals surface area contributed by atoms with Gasteiger partial charge < -0.3 is 4.74 Å². The Morgan fingerprint density at radius 2 is 2.08 bits per heavy atom. The van der Waals surface area contributed by atoms with Crippen LogP contribution in [0.1, 0.15) is 0 Å². The second-order valence-corrected chi connectivity index (χ2v) is 6.19. The van der Waals surface area contributed by atoms with Gasteiger partial charge in [0.25, 0.3) is 6.43 Å². The molecule has 0 N–H and O–H groups in total. The summed E-state index contributed by atoms with van der Waals surface area (Å²) in [4.78, 5) is -0.365. The number of ether oxygens (including phenoxy) is 1. The third-order valence-electron chi connectivity index (χ3n) is 1.67. The third kappa shape index (κ3) is 3.47. The maximum atomic E-state index is 11.7. The monoisotopic (exact) mass is 278 g/mol. The molecule has 1 aliphatic heterocycles. The van der Waals surface area contributed by atoms with Gasteiger partial charge in [-0.15, -0.1) is 0 Å². The van der Waals surface area contributed by atoms with Crippen LogP contribution in [-0.2, 0) is 14.6 Å². The largest absolute Gasteiger partial charge is 0.370 e. The van der Waals surface area contributed by atoms with Crippen molar-refractivity contribution in [2.75, 3.05) is 18.1 Å². The van der Waals surface area contributed by atoms with E-state index in [1.165, 1.54) is 0 Å². The Labute approximate surface area is 83.5 Å². The summed E-state index contributed by atoms with van der Waals surface area (Å²) in [5, 5.41) is 0. The molecule has 1 fully saturated rings. The van der Waals surface area contributed by atoms with E-state index in [2.05, 4.69) is 15.9 Å². The highest BCUT2D eigenvalue weighted by atomic mass is 79.9. The minimum atomic E-state index is -3.11. The minimum absolute atomic E-state index is 0.0408. The van der Waals surface area contributed by atoms with Gasteiger partial charge in [-0.05, 0) is 0 Å². The Bertz CT molecular complexity index is 267. The maximum absolute atomic E-state index is 11.7. The molecule has 1 aliphatic rings. The van der Waals surface area contributed by atoms with Crippen molar-refractivity contribution in [3.8, 4) is 0 Å². The lowest BCUT2D eigenvalue weighted by molar-refractivity contribution is -0.0118. The summed E-state index contributed by atoms with van der Waals surface area (Å²) in [7, 11) is -3.11. The van der Waals surface area contributed by atoms with Gasteiger partial charge in [-0.1, -0.05) is 15.9 Å². The van der Waals surface area contributed by atoms with E-state index in [0.717, 1.165) is 0 Å². The summed E-state index contributed by atoms with van der Waals surface area (Å²) < 4.78 is 50.2. The van der Waals surface area contributed by atoms with Gasteiger partial charge in [-0.25, -0.2) is 17.2 Å². The Hall–Kier alpha value is 0.250. The molecule has 0 spiro atoms. The average Bonchev–Trinajstić information content (AvgIpc) is 2.20. The number of sulfone groups is 1. The van der Waals surface area contributed by atoms with Crippen LogP contribution >= 0.6 is 15.9 Å². The van der Waals surface area contributed by atoms with Crippen molar-refractivity contribution in [2.24, 2.45) is 0 Å². The molecule has 0 amide bonds. The van der Waals surface area contributed by atoms with E-state index in [9.17, 15) is 17.2 Å². The minimum Gasteiger partial charge on any atom is -0.370 e. The number of alkyl halides is 3. The van der Waals surface area contributed by atoms with Gasteiger partial charge in [-0.3, -0.25) is 0 Å². The second-order valence-electron chi connectivity index (χ2n) is 2.86. The van der Waals surface area contributed by atoms with Crippen LogP contribution in [0.5, 0.6) is 0 Å². The van der Waals surface area contributed by atoms with E-state index >= 15 is 0 Å². The summed E-state index contributed by atoms with van der Waals surface area (Å²) in [5.41, 5.74) is 0. The molecule has 0 aromatic rings. The van der Waals surface area contributed by atoms with Gasteiger partial charge in [0.15, 0.2) is 9.84 Å². The fraction of sp³-hybridized carbons (Fsp3) is 1.00.